The minimum atomic E-state index is 0. The molecule has 11 heavy (non-hydrogen) atoms. The summed E-state index contributed by atoms with van der Waals surface area (Å²) < 4.78 is 0. The summed E-state index contributed by atoms with van der Waals surface area (Å²) in [5.41, 5.74) is 11.8. The summed E-state index contributed by atoms with van der Waals surface area (Å²) in [6, 6.07) is 0. The molecule has 0 aliphatic heterocycles. The van der Waals surface area contributed by atoms with Gasteiger partial charge in [-0.2, -0.15) is 6.54 Å². The van der Waals surface area contributed by atoms with Crippen LogP contribution >= 0.6 is 0 Å². The fraction of sp³-hybridized carbons (Fsp3) is 0.500. The molecule has 0 saturated heterocycles. The van der Waals surface area contributed by atoms with Crippen molar-refractivity contribution in [1.29, 1.82) is 0 Å². The van der Waals surface area contributed by atoms with Crippen molar-refractivity contribution < 1.29 is 19.5 Å². The molecule has 0 atom stereocenters. The molecule has 0 fully saturated rings. The minimum absolute atomic E-state index is 0. The average molecular weight is 213 g/mol. The van der Waals surface area contributed by atoms with Crippen LogP contribution in [0.1, 0.15) is 12.8 Å². The van der Waals surface area contributed by atoms with Crippen molar-refractivity contribution in [2.24, 2.45) is 5.73 Å². The molecule has 0 rings (SSSR count). The quantitative estimate of drug-likeness (QED) is 0.436. The van der Waals surface area contributed by atoms with Gasteiger partial charge in [-0.3, -0.25) is 0 Å². The number of hydrogen-bond acceptors (Lipinski definition) is 1. The average Bonchev–Trinajstić information content (AvgIpc) is 1.61. The Morgan fingerprint density at radius 2 is 1.27 bits per heavy atom. The molecule has 0 saturated carbocycles. The van der Waals surface area contributed by atoms with Gasteiger partial charge >= 0.3 is 0 Å². The van der Waals surface area contributed by atoms with Gasteiger partial charge in [-0.15, -0.1) is 0 Å². The van der Waals surface area contributed by atoms with Gasteiger partial charge in [-0.1, -0.05) is 6.42 Å². The largest absolute Gasteiger partial charge is 0.677 e. The zero-order valence-electron chi connectivity index (χ0n) is 8.61. The maximum absolute atomic E-state index is 6.65. The Morgan fingerprint density at radius 1 is 0.909 bits per heavy atom. The Kier molecular flexibility index (Phi) is 177. The molecule has 0 heterocycles. The van der Waals surface area contributed by atoms with Crippen LogP contribution in [0.3, 0.4) is 0 Å². The van der Waals surface area contributed by atoms with Gasteiger partial charge in [0, 0.05) is 19.5 Å². The van der Waals surface area contributed by atoms with Crippen LogP contribution in [0, 0.1) is 29.7 Å². The topological polar surface area (TPSA) is 49.8 Å². The zero-order chi connectivity index (χ0) is 4.83. The van der Waals surface area contributed by atoms with E-state index in [1.807, 2.05) is 0 Å². The summed E-state index contributed by atoms with van der Waals surface area (Å²) in [6.07, 6.45) is 1.96. The van der Waals surface area contributed by atoms with Gasteiger partial charge in [0.25, 0.3) is 0 Å². The van der Waals surface area contributed by atoms with E-state index in [9.17, 15) is 0 Å². The molecule has 0 spiro atoms. The molecule has 0 unspecified atom stereocenters. The summed E-state index contributed by atoms with van der Waals surface area (Å²) in [7, 11) is 0. The second-order valence-electron chi connectivity index (χ2n) is 1.25. The Bertz CT molecular complexity index is 24.1. The molecular weight excluding hydrogens is 189 g/mol. The van der Waals surface area contributed by atoms with E-state index in [0.717, 1.165) is 19.4 Å². The molecule has 0 aliphatic rings. The number of unbranched alkanes of at least 4 members (excludes halogenated alkanes) is 1. The first-order valence-electron chi connectivity index (χ1n) is 2.26. The Morgan fingerprint density at radius 3 is 1.36 bits per heavy atom. The molecule has 72 valence electrons. The SMILES string of the molecule is [CH3-].[CH3-].[CH3-].[CH3-].[NH-]CCCCN.[Zn]. The van der Waals surface area contributed by atoms with Crippen LogP contribution in [0.5, 0.6) is 0 Å². The third-order valence-corrected chi connectivity index (χ3v) is 0.631. The second-order valence-corrected chi connectivity index (χ2v) is 1.25. The molecular formula is C8H23N2Zn-5. The Balaban J connectivity index is -0.0000000125. The zero-order valence-corrected chi connectivity index (χ0v) is 11.6. The first-order chi connectivity index (χ1) is 2.91. The first-order valence-corrected chi connectivity index (χ1v) is 2.26. The van der Waals surface area contributed by atoms with Crippen molar-refractivity contribution in [3.63, 3.8) is 0 Å². The minimum Gasteiger partial charge on any atom is -0.677 e. The molecule has 0 aromatic carbocycles. The fourth-order valence-electron chi connectivity index (χ4n) is 0.269. The summed E-state index contributed by atoms with van der Waals surface area (Å²) in [5.74, 6) is 0. The van der Waals surface area contributed by atoms with Crippen LogP contribution in [0.25, 0.3) is 5.73 Å². The number of nitrogens with one attached hydrogen (secondary N) is 1. The van der Waals surface area contributed by atoms with Crippen molar-refractivity contribution in [1.82, 2.24) is 0 Å². The van der Waals surface area contributed by atoms with Gasteiger partial charge in [0.2, 0.25) is 0 Å². The van der Waals surface area contributed by atoms with Crippen LogP contribution in [-0.2, 0) is 19.5 Å². The summed E-state index contributed by atoms with van der Waals surface area (Å²) in [4.78, 5) is 0. The van der Waals surface area contributed by atoms with Gasteiger partial charge in [0.05, 0.1) is 0 Å². The van der Waals surface area contributed by atoms with E-state index in [2.05, 4.69) is 0 Å². The normalized spacial score (nSPS) is 4.91. The monoisotopic (exact) mass is 211 g/mol. The van der Waals surface area contributed by atoms with Crippen molar-refractivity contribution in [3.8, 4) is 0 Å². The molecule has 3 N–H and O–H groups in total. The predicted molar refractivity (Wildman–Crippen MR) is 53.1 cm³/mol. The van der Waals surface area contributed by atoms with Crippen LogP contribution in [0.15, 0.2) is 0 Å². The molecule has 0 aromatic heterocycles. The Labute approximate surface area is 86.9 Å². The number of rotatable bonds is 3. The van der Waals surface area contributed by atoms with Crippen LogP contribution in [-0.4, -0.2) is 13.1 Å². The fourth-order valence-corrected chi connectivity index (χ4v) is 0.269. The first kappa shape index (κ1) is 41.8. The molecule has 2 nitrogen and oxygen atoms in total. The number of hydrogen-bond donors (Lipinski definition) is 1. The van der Waals surface area contributed by atoms with E-state index in [-0.39, 0.29) is 49.2 Å². The third kappa shape index (κ3) is 61.3. The number of nitrogens with two attached hydrogens (primary N) is 1. The van der Waals surface area contributed by atoms with E-state index in [0.29, 0.717) is 6.54 Å². The molecule has 0 aromatic rings. The molecule has 0 bridgehead atoms. The summed E-state index contributed by atoms with van der Waals surface area (Å²) >= 11 is 0. The summed E-state index contributed by atoms with van der Waals surface area (Å²) in [6.45, 7) is 1.26. The van der Waals surface area contributed by atoms with Gasteiger partial charge in [-0.25, -0.2) is 0 Å². The van der Waals surface area contributed by atoms with Crippen molar-refractivity contribution in [3.05, 3.63) is 35.4 Å². The van der Waals surface area contributed by atoms with Gasteiger partial charge < -0.3 is 41.2 Å². The molecule has 0 radical (unpaired) electrons. The molecule has 3 heteroatoms. The second kappa shape index (κ2) is 46.5. The van der Waals surface area contributed by atoms with Gasteiger partial charge in [0.1, 0.15) is 0 Å². The van der Waals surface area contributed by atoms with Crippen LogP contribution in [0.2, 0.25) is 0 Å². The van der Waals surface area contributed by atoms with Crippen molar-refractivity contribution >= 4 is 0 Å². The van der Waals surface area contributed by atoms with Gasteiger partial charge in [-0.05, 0) is 13.0 Å². The van der Waals surface area contributed by atoms with E-state index < -0.39 is 0 Å². The van der Waals surface area contributed by atoms with Gasteiger partial charge in [0.15, 0.2) is 0 Å². The van der Waals surface area contributed by atoms with E-state index in [4.69, 9.17) is 11.5 Å². The van der Waals surface area contributed by atoms with Crippen molar-refractivity contribution in [2.45, 2.75) is 12.8 Å². The molecule has 0 amide bonds. The predicted octanol–water partition coefficient (Wildman–Crippen LogP) is 2.58. The van der Waals surface area contributed by atoms with Crippen LogP contribution in [0.4, 0.5) is 0 Å². The maximum atomic E-state index is 6.65. The van der Waals surface area contributed by atoms with E-state index >= 15 is 0 Å². The van der Waals surface area contributed by atoms with Crippen LogP contribution < -0.4 is 5.73 Å². The smallest absolute Gasteiger partial charge is 0 e. The third-order valence-electron chi connectivity index (χ3n) is 0.631. The standard InChI is InChI=1S/C4H11N2.4CH3.Zn/c5-3-1-2-4-6;;;;;/h5H,1-4,6H2;4*1H3;/q5*-1;. The van der Waals surface area contributed by atoms with Crippen molar-refractivity contribution in [2.75, 3.05) is 13.1 Å². The van der Waals surface area contributed by atoms with E-state index in [1.165, 1.54) is 0 Å². The maximum Gasteiger partial charge on any atom is 0 e. The van der Waals surface area contributed by atoms with E-state index in [1.54, 1.807) is 0 Å². The Hall–Kier alpha value is 0.543. The summed E-state index contributed by atoms with van der Waals surface area (Å²) in [5, 5.41) is 0. The molecule has 0 aliphatic carbocycles.